The molecule has 2 aromatic carbocycles. The summed E-state index contributed by atoms with van der Waals surface area (Å²) in [6, 6.07) is 8.67. The molecule has 0 spiro atoms. The zero-order valence-corrected chi connectivity index (χ0v) is 22.1. The van der Waals surface area contributed by atoms with Gasteiger partial charge in [-0.25, -0.2) is 13.2 Å². The van der Waals surface area contributed by atoms with E-state index in [4.69, 9.17) is 22.1 Å². The second kappa shape index (κ2) is 10.9. The van der Waals surface area contributed by atoms with Crippen molar-refractivity contribution in [2.45, 2.75) is 44.3 Å². The summed E-state index contributed by atoms with van der Waals surface area (Å²) < 4.78 is 48.5. The van der Waals surface area contributed by atoms with Crippen LogP contribution in [-0.4, -0.2) is 35.0 Å². The molecule has 0 unspecified atom stereocenters. The molecule has 4 aromatic rings. The molecule has 0 saturated heterocycles. The molecule has 1 amide bonds. The molecular formula is C28H25ClF3N3O2S. The van der Waals surface area contributed by atoms with Gasteiger partial charge in [0.05, 0.1) is 28.4 Å². The summed E-state index contributed by atoms with van der Waals surface area (Å²) in [6.45, 7) is 0.147. The highest BCUT2D eigenvalue weighted by Gasteiger charge is 2.32. The average Bonchev–Trinajstić information content (AvgIpc) is 3.28. The van der Waals surface area contributed by atoms with Crippen molar-refractivity contribution in [3.8, 4) is 16.9 Å². The summed E-state index contributed by atoms with van der Waals surface area (Å²) in [5.41, 5.74) is 8.09. The maximum absolute atomic E-state index is 14.6. The molecule has 0 bridgehead atoms. The quantitative estimate of drug-likeness (QED) is 0.277. The van der Waals surface area contributed by atoms with Crippen molar-refractivity contribution in [2.24, 2.45) is 5.73 Å². The number of carbonyl (C=O) groups is 1. The van der Waals surface area contributed by atoms with Gasteiger partial charge in [-0.3, -0.25) is 9.78 Å². The van der Waals surface area contributed by atoms with Gasteiger partial charge in [0.15, 0.2) is 0 Å². The largest absolute Gasteiger partial charge is 0.496 e. The number of aromatic nitrogens is 1. The Kier molecular flexibility index (Phi) is 7.61. The van der Waals surface area contributed by atoms with Gasteiger partial charge >= 0.3 is 0 Å². The highest BCUT2D eigenvalue weighted by atomic mass is 35.5. The number of pyridine rings is 1. The Labute approximate surface area is 227 Å². The summed E-state index contributed by atoms with van der Waals surface area (Å²) in [6.07, 6.45) is 5.51. The van der Waals surface area contributed by atoms with Crippen molar-refractivity contribution in [1.29, 1.82) is 0 Å². The highest BCUT2D eigenvalue weighted by Crippen LogP contribution is 2.40. The molecule has 0 radical (unpaired) electrons. The number of hydrogen-bond donors (Lipinski definition) is 1. The summed E-state index contributed by atoms with van der Waals surface area (Å²) in [5.74, 6) is -1.66. The molecule has 2 aromatic heterocycles. The van der Waals surface area contributed by atoms with Crippen LogP contribution in [0.4, 0.5) is 13.2 Å². The molecule has 5 rings (SSSR count). The van der Waals surface area contributed by atoms with E-state index in [9.17, 15) is 18.0 Å². The van der Waals surface area contributed by atoms with Crippen LogP contribution in [0.25, 0.3) is 21.2 Å². The first-order valence-electron chi connectivity index (χ1n) is 12.2. The predicted molar refractivity (Wildman–Crippen MR) is 143 cm³/mol. The number of ether oxygens (including phenoxy) is 1. The number of fused-ring (bicyclic) bond motifs is 1. The van der Waals surface area contributed by atoms with Crippen LogP contribution in [-0.2, 0) is 6.54 Å². The van der Waals surface area contributed by atoms with E-state index in [1.807, 2.05) is 6.07 Å². The lowest BCUT2D eigenvalue weighted by atomic mass is 9.90. The van der Waals surface area contributed by atoms with E-state index < -0.39 is 23.4 Å². The molecule has 2 heterocycles. The van der Waals surface area contributed by atoms with Crippen LogP contribution in [0.5, 0.6) is 5.75 Å². The van der Waals surface area contributed by atoms with Gasteiger partial charge in [-0.15, -0.1) is 11.3 Å². The Balaban J connectivity index is 1.57. The Morgan fingerprint density at radius 1 is 1.08 bits per heavy atom. The maximum atomic E-state index is 14.6. The predicted octanol–water partition coefficient (Wildman–Crippen LogP) is 6.95. The van der Waals surface area contributed by atoms with E-state index >= 15 is 0 Å². The third-order valence-corrected chi connectivity index (χ3v) is 8.65. The molecule has 1 saturated carbocycles. The lowest BCUT2D eigenvalue weighted by Gasteiger charge is -2.36. The van der Waals surface area contributed by atoms with E-state index in [1.54, 1.807) is 23.2 Å². The van der Waals surface area contributed by atoms with Crippen LogP contribution in [0.3, 0.4) is 0 Å². The Bertz CT molecular complexity index is 1500. The molecule has 0 aliphatic heterocycles. The van der Waals surface area contributed by atoms with E-state index in [0.717, 1.165) is 42.5 Å². The third-order valence-electron chi connectivity index (χ3n) is 6.98. The van der Waals surface area contributed by atoms with Crippen LogP contribution < -0.4 is 10.5 Å². The van der Waals surface area contributed by atoms with Gasteiger partial charge in [-0.1, -0.05) is 17.7 Å². The first-order valence-corrected chi connectivity index (χ1v) is 13.4. The van der Waals surface area contributed by atoms with Crippen LogP contribution in [0.1, 0.15) is 40.9 Å². The van der Waals surface area contributed by atoms with Crippen molar-refractivity contribution in [1.82, 2.24) is 9.88 Å². The number of carbonyl (C=O) groups excluding carboxylic acids is 1. The Hall–Kier alpha value is -3.14. The minimum atomic E-state index is -0.685. The van der Waals surface area contributed by atoms with E-state index in [0.29, 0.717) is 35.3 Å². The molecule has 198 valence electrons. The average molecular weight is 560 g/mol. The maximum Gasteiger partial charge on any atom is 0.266 e. The second-order valence-electron chi connectivity index (χ2n) is 9.40. The summed E-state index contributed by atoms with van der Waals surface area (Å²) >= 11 is 7.33. The minimum Gasteiger partial charge on any atom is -0.496 e. The van der Waals surface area contributed by atoms with Crippen molar-refractivity contribution in [2.75, 3.05) is 7.11 Å². The van der Waals surface area contributed by atoms with Gasteiger partial charge in [-0.05, 0) is 61.6 Å². The molecule has 1 fully saturated rings. The standard InChI is InChI=1S/C28H25ClF3N3O2S/c1-37-23-9-2-15(16-11-18(30)13-34-12-16)10-17(23)14-35(20-5-3-19(33)4-6-20)28(36)27-25(29)24-21(31)7-8-22(32)26(24)38-27/h2,7-13,19-20H,3-6,14,33H2,1H3. The molecule has 1 aliphatic carbocycles. The molecule has 5 nitrogen and oxygen atoms in total. The number of benzene rings is 2. The second-order valence-corrected chi connectivity index (χ2v) is 10.8. The number of thiophene rings is 1. The van der Waals surface area contributed by atoms with Gasteiger partial charge in [0.1, 0.15) is 28.1 Å². The molecular weight excluding hydrogens is 535 g/mol. The number of nitrogens with zero attached hydrogens (tertiary/aromatic N) is 2. The highest BCUT2D eigenvalue weighted by molar-refractivity contribution is 7.21. The monoisotopic (exact) mass is 559 g/mol. The smallest absolute Gasteiger partial charge is 0.266 e. The first kappa shape index (κ1) is 26.5. The Morgan fingerprint density at radius 2 is 1.82 bits per heavy atom. The molecule has 10 heteroatoms. The topological polar surface area (TPSA) is 68.5 Å². The minimum absolute atomic E-state index is 0.00199. The van der Waals surface area contributed by atoms with Crippen LogP contribution in [0.2, 0.25) is 5.02 Å². The van der Waals surface area contributed by atoms with E-state index in [1.165, 1.54) is 13.2 Å². The number of halogens is 4. The zero-order chi connectivity index (χ0) is 27.0. The number of hydrogen-bond acceptors (Lipinski definition) is 5. The summed E-state index contributed by atoms with van der Waals surface area (Å²) in [5, 5.41) is -0.195. The zero-order valence-electron chi connectivity index (χ0n) is 20.5. The van der Waals surface area contributed by atoms with Gasteiger partial charge in [0.2, 0.25) is 0 Å². The van der Waals surface area contributed by atoms with Gasteiger partial charge in [0.25, 0.3) is 5.91 Å². The molecule has 2 N–H and O–H groups in total. The fourth-order valence-corrected chi connectivity index (χ4v) is 6.49. The lowest BCUT2D eigenvalue weighted by Crippen LogP contribution is -2.43. The van der Waals surface area contributed by atoms with Crippen LogP contribution in [0, 0.1) is 17.5 Å². The summed E-state index contributed by atoms with van der Waals surface area (Å²) in [4.78, 5) is 19.7. The SMILES string of the molecule is COc1ccc(-c2cncc(F)c2)cc1CN(C(=O)c1sc2c(F)ccc(F)c2c1Cl)C1CCC(N)CC1. The van der Waals surface area contributed by atoms with Crippen LogP contribution in [0.15, 0.2) is 48.8 Å². The number of rotatable bonds is 6. The van der Waals surface area contributed by atoms with Gasteiger partial charge < -0.3 is 15.4 Å². The van der Waals surface area contributed by atoms with E-state index in [-0.39, 0.29) is 38.6 Å². The van der Waals surface area contributed by atoms with Crippen LogP contribution >= 0.6 is 22.9 Å². The fourth-order valence-electron chi connectivity index (χ4n) is 4.98. The van der Waals surface area contributed by atoms with Crippen molar-refractivity contribution >= 4 is 38.9 Å². The van der Waals surface area contributed by atoms with Gasteiger partial charge in [-0.2, -0.15) is 0 Å². The number of methoxy groups -OCH3 is 1. The van der Waals surface area contributed by atoms with Crippen molar-refractivity contribution < 1.29 is 22.7 Å². The van der Waals surface area contributed by atoms with E-state index in [2.05, 4.69) is 4.98 Å². The lowest BCUT2D eigenvalue weighted by molar-refractivity contribution is 0.0610. The number of nitrogens with two attached hydrogens (primary N) is 1. The Morgan fingerprint density at radius 3 is 2.50 bits per heavy atom. The molecule has 38 heavy (non-hydrogen) atoms. The number of amides is 1. The fraction of sp³-hybridized carbons (Fsp3) is 0.286. The third kappa shape index (κ3) is 5.10. The molecule has 1 aliphatic rings. The van der Waals surface area contributed by atoms with Gasteiger partial charge in [0, 0.05) is 36.0 Å². The summed E-state index contributed by atoms with van der Waals surface area (Å²) in [7, 11) is 1.53. The van der Waals surface area contributed by atoms with Crippen molar-refractivity contribution in [3.63, 3.8) is 0 Å². The first-order chi connectivity index (χ1) is 18.3. The van der Waals surface area contributed by atoms with Crippen molar-refractivity contribution in [3.05, 3.63) is 81.7 Å². The normalized spacial score (nSPS) is 17.5. The molecule has 0 atom stereocenters.